The molecule has 1 atom stereocenters. The zero-order valence-corrected chi connectivity index (χ0v) is 11.0. The Balaban J connectivity index is 2.32. The summed E-state index contributed by atoms with van der Waals surface area (Å²) in [7, 11) is 1.41. The fraction of sp³-hybridized carbons (Fsp3) is 0.417. The third-order valence-corrected chi connectivity index (χ3v) is 3.79. The molecule has 1 fully saturated rings. The van der Waals surface area contributed by atoms with Crippen LogP contribution in [0.5, 0.6) is 5.75 Å². The number of nitrogens with zero attached hydrogens (tertiary/aromatic N) is 1. The van der Waals surface area contributed by atoms with E-state index in [1.807, 2.05) is 0 Å². The first-order chi connectivity index (χ1) is 8.17. The lowest BCUT2D eigenvalue weighted by Gasteiger charge is -2.18. The van der Waals surface area contributed by atoms with Gasteiger partial charge in [0.15, 0.2) is 11.6 Å². The Morgan fingerprint density at radius 2 is 2.35 bits per heavy atom. The molecule has 1 aromatic rings. The molecule has 0 saturated carbocycles. The summed E-state index contributed by atoms with van der Waals surface area (Å²) in [4.78, 5) is 13.3. The van der Waals surface area contributed by atoms with Crippen LogP contribution in [0.2, 0.25) is 0 Å². The van der Waals surface area contributed by atoms with Crippen LogP contribution < -0.4 is 9.64 Å². The summed E-state index contributed by atoms with van der Waals surface area (Å²) in [5.74, 6) is -0.106. The first kappa shape index (κ1) is 12.4. The van der Waals surface area contributed by atoms with Crippen molar-refractivity contribution in [3.63, 3.8) is 0 Å². The van der Waals surface area contributed by atoms with Gasteiger partial charge in [0.2, 0.25) is 5.91 Å². The Morgan fingerprint density at radius 1 is 1.59 bits per heavy atom. The number of amides is 1. The molecular weight excluding hydrogens is 289 g/mol. The molecule has 17 heavy (non-hydrogen) atoms. The number of hydrogen-bond acceptors (Lipinski definition) is 2. The van der Waals surface area contributed by atoms with E-state index >= 15 is 0 Å². The Kier molecular flexibility index (Phi) is 3.66. The van der Waals surface area contributed by atoms with E-state index in [4.69, 9.17) is 4.74 Å². The smallest absolute Gasteiger partial charge is 0.227 e. The first-order valence-electron chi connectivity index (χ1n) is 5.36. The second-order valence-corrected chi connectivity index (χ2v) is 4.67. The van der Waals surface area contributed by atoms with Crippen molar-refractivity contribution in [2.24, 2.45) is 5.92 Å². The minimum absolute atomic E-state index is 0.0402. The van der Waals surface area contributed by atoms with E-state index in [0.29, 0.717) is 18.7 Å². The largest absolute Gasteiger partial charge is 0.494 e. The Morgan fingerprint density at radius 3 is 2.94 bits per heavy atom. The SMILES string of the molecule is COc1cccc(N2CC(CBr)CC2=O)c1F. The van der Waals surface area contributed by atoms with Gasteiger partial charge in [0, 0.05) is 18.3 Å². The van der Waals surface area contributed by atoms with Crippen LogP contribution in [0.15, 0.2) is 18.2 Å². The third kappa shape index (κ3) is 2.29. The van der Waals surface area contributed by atoms with Crippen molar-refractivity contribution in [2.45, 2.75) is 6.42 Å². The minimum Gasteiger partial charge on any atom is -0.494 e. The van der Waals surface area contributed by atoms with Crippen LogP contribution >= 0.6 is 15.9 Å². The molecule has 5 heteroatoms. The Hall–Kier alpha value is -1.10. The third-order valence-electron chi connectivity index (χ3n) is 2.88. The van der Waals surface area contributed by atoms with Crippen LogP contribution in [-0.4, -0.2) is 24.9 Å². The van der Waals surface area contributed by atoms with Gasteiger partial charge in [0.05, 0.1) is 12.8 Å². The summed E-state index contributed by atoms with van der Waals surface area (Å²) in [6.07, 6.45) is 0.460. The van der Waals surface area contributed by atoms with Gasteiger partial charge < -0.3 is 9.64 Å². The van der Waals surface area contributed by atoms with Gasteiger partial charge in [0.25, 0.3) is 0 Å². The van der Waals surface area contributed by atoms with E-state index < -0.39 is 5.82 Å². The van der Waals surface area contributed by atoms with Crippen LogP contribution in [-0.2, 0) is 4.79 Å². The average Bonchev–Trinajstić information content (AvgIpc) is 2.71. The molecule has 1 heterocycles. The number of carbonyl (C=O) groups is 1. The second kappa shape index (κ2) is 5.04. The van der Waals surface area contributed by atoms with Gasteiger partial charge in [-0.3, -0.25) is 4.79 Å². The zero-order chi connectivity index (χ0) is 12.4. The molecule has 0 radical (unpaired) electrons. The van der Waals surface area contributed by atoms with E-state index in [1.165, 1.54) is 12.0 Å². The molecule has 0 aliphatic carbocycles. The molecule has 1 saturated heterocycles. The van der Waals surface area contributed by atoms with E-state index in [2.05, 4.69) is 15.9 Å². The molecule has 92 valence electrons. The molecular formula is C12H13BrFNO2. The van der Waals surface area contributed by atoms with Crippen LogP contribution in [0.1, 0.15) is 6.42 Å². The molecule has 0 N–H and O–H groups in total. The fourth-order valence-corrected chi connectivity index (χ4v) is 2.42. The quantitative estimate of drug-likeness (QED) is 0.803. The number of benzene rings is 1. The lowest BCUT2D eigenvalue weighted by molar-refractivity contribution is -0.117. The second-order valence-electron chi connectivity index (χ2n) is 4.02. The van der Waals surface area contributed by atoms with E-state index in [0.717, 1.165) is 5.33 Å². The van der Waals surface area contributed by atoms with Gasteiger partial charge in [-0.15, -0.1) is 0 Å². The van der Waals surface area contributed by atoms with Gasteiger partial charge in [0.1, 0.15) is 0 Å². The van der Waals surface area contributed by atoms with Crippen molar-refractivity contribution in [1.29, 1.82) is 0 Å². The van der Waals surface area contributed by atoms with E-state index in [1.54, 1.807) is 18.2 Å². The number of ether oxygens (including phenoxy) is 1. The molecule has 1 unspecified atom stereocenters. The number of hydrogen-bond donors (Lipinski definition) is 0. The van der Waals surface area contributed by atoms with Gasteiger partial charge in [-0.05, 0) is 18.1 Å². The maximum absolute atomic E-state index is 14.0. The normalized spacial score (nSPS) is 19.8. The highest BCUT2D eigenvalue weighted by Crippen LogP contribution is 2.32. The van der Waals surface area contributed by atoms with Crippen LogP contribution in [0.25, 0.3) is 0 Å². The number of methoxy groups -OCH3 is 1. The number of alkyl halides is 1. The van der Waals surface area contributed by atoms with Gasteiger partial charge in [-0.1, -0.05) is 22.0 Å². The summed E-state index contributed by atoms with van der Waals surface area (Å²) in [6.45, 7) is 0.550. The first-order valence-corrected chi connectivity index (χ1v) is 6.48. The van der Waals surface area contributed by atoms with Crippen LogP contribution in [0.4, 0.5) is 10.1 Å². The van der Waals surface area contributed by atoms with Gasteiger partial charge in [-0.2, -0.15) is 0 Å². The van der Waals surface area contributed by atoms with Gasteiger partial charge >= 0.3 is 0 Å². The summed E-state index contributed by atoms with van der Waals surface area (Å²) in [5, 5.41) is 0.751. The number of rotatable bonds is 3. The Labute approximate surface area is 108 Å². The van der Waals surface area contributed by atoms with Crippen molar-refractivity contribution in [3.05, 3.63) is 24.0 Å². The number of carbonyl (C=O) groups excluding carboxylic acids is 1. The lowest BCUT2D eigenvalue weighted by atomic mass is 10.2. The maximum atomic E-state index is 14.0. The highest BCUT2D eigenvalue weighted by Gasteiger charge is 2.31. The molecule has 1 amide bonds. The summed E-state index contributed by atoms with van der Waals surface area (Å²) < 4.78 is 18.9. The monoisotopic (exact) mass is 301 g/mol. The predicted molar refractivity (Wildman–Crippen MR) is 67.2 cm³/mol. The Bertz CT molecular complexity index is 439. The molecule has 1 aromatic carbocycles. The van der Waals surface area contributed by atoms with Crippen molar-refractivity contribution in [2.75, 3.05) is 23.9 Å². The molecule has 1 aliphatic heterocycles. The number of halogens is 2. The van der Waals surface area contributed by atoms with Gasteiger partial charge in [-0.25, -0.2) is 4.39 Å². The standard InChI is InChI=1S/C12H13BrFNO2/c1-17-10-4-2-3-9(12(10)14)15-7-8(6-13)5-11(15)16/h2-4,8H,5-7H2,1H3. The summed E-state index contributed by atoms with van der Waals surface area (Å²) in [5.41, 5.74) is 0.304. The molecule has 1 aliphatic rings. The highest BCUT2D eigenvalue weighted by atomic mass is 79.9. The maximum Gasteiger partial charge on any atom is 0.227 e. The predicted octanol–water partition coefficient (Wildman–Crippen LogP) is 2.58. The fourth-order valence-electron chi connectivity index (χ4n) is 1.98. The minimum atomic E-state index is -0.474. The average molecular weight is 302 g/mol. The summed E-state index contributed by atoms with van der Waals surface area (Å²) >= 11 is 3.35. The molecule has 3 nitrogen and oxygen atoms in total. The van der Waals surface area contributed by atoms with Crippen molar-refractivity contribution >= 4 is 27.5 Å². The number of anilines is 1. The topological polar surface area (TPSA) is 29.5 Å². The van der Waals surface area contributed by atoms with Crippen LogP contribution in [0, 0.1) is 11.7 Å². The van der Waals surface area contributed by atoms with Crippen LogP contribution in [0.3, 0.4) is 0 Å². The summed E-state index contributed by atoms with van der Waals surface area (Å²) in [6, 6.07) is 4.83. The van der Waals surface area contributed by atoms with E-state index in [9.17, 15) is 9.18 Å². The highest BCUT2D eigenvalue weighted by molar-refractivity contribution is 9.09. The van der Waals surface area contributed by atoms with E-state index in [-0.39, 0.29) is 17.6 Å². The van der Waals surface area contributed by atoms with Crippen molar-refractivity contribution in [1.82, 2.24) is 0 Å². The lowest BCUT2D eigenvalue weighted by Crippen LogP contribution is -2.25. The molecule has 0 bridgehead atoms. The molecule has 0 aromatic heterocycles. The molecule has 0 spiro atoms. The molecule has 2 rings (SSSR count). The van der Waals surface area contributed by atoms with Crippen molar-refractivity contribution in [3.8, 4) is 5.75 Å². The zero-order valence-electron chi connectivity index (χ0n) is 9.45. The van der Waals surface area contributed by atoms with Crippen molar-refractivity contribution < 1.29 is 13.9 Å².